The van der Waals surface area contributed by atoms with Crippen molar-refractivity contribution < 1.29 is 9.59 Å². The Labute approximate surface area is 193 Å². The Bertz CT molecular complexity index is 1260. The molecular formula is C23H18ClN5O2S. The molecule has 1 N–H and O–H groups in total. The summed E-state index contributed by atoms with van der Waals surface area (Å²) in [6.07, 6.45) is 3.35. The highest BCUT2D eigenvalue weighted by atomic mass is 35.5. The molecule has 2 amide bonds. The number of carbonyl (C=O) groups is 2. The molecule has 4 aromatic rings. The fourth-order valence-electron chi connectivity index (χ4n) is 3.06. The van der Waals surface area contributed by atoms with Gasteiger partial charge in [0.25, 0.3) is 5.91 Å². The fourth-order valence-corrected chi connectivity index (χ4v) is 3.98. The molecule has 0 saturated heterocycles. The lowest BCUT2D eigenvalue weighted by atomic mass is 10.2. The Morgan fingerprint density at radius 3 is 2.50 bits per heavy atom. The predicted molar refractivity (Wildman–Crippen MR) is 124 cm³/mol. The molecule has 32 heavy (non-hydrogen) atoms. The first-order valence-electron chi connectivity index (χ1n) is 9.68. The molecule has 2 aromatic carbocycles. The van der Waals surface area contributed by atoms with Gasteiger partial charge in [0.1, 0.15) is 0 Å². The second-order valence-corrected chi connectivity index (χ2v) is 8.14. The maximum atomic E-state index is 12.4. The Balaban J connectivity index is 1.60. The van der Waals surface area contributed by atoms with Gasteiger partial charge in [0, 0.05) is 28.5 Å². The number of amides is 2. The van der Waals surface area contributed by atoms with Crippen molar-refractivity contribution in [3.05, 3.63) is 89.2 Å². The molecule has 0 spiro atoms. The van der Waals surface area contributed by atoms with Crippen LogP contribution in [0, 0.1) is 6.92 Å². The molecule has 160 valence electrons. The standard InChI is InChI=1S/C23H18ClN5O2S/c1-15-18(24)8-5-9-19(15)29-21(16-10-12-25-13-11-16)27-28-23(29)32-14-20(30)26-22(31)17-6-3-2-4-7-17/h2-13H,14H2,1H3,(H,26,30,31). The zero-order valence-electron chi connectivity index (χ0n) is 17.0. The first kappa shape index (κ1) is 21.7. The summed E-state index contributed by atoms with van der Waals surface area (Å²) in [6, 6.07) is 17.8. The molecule has 4 rings (SSSR count). The highest BCUT2D eigenvalue weighted by Gasteiger charge is 2.20. The number of benzene rings is 2. The van der Waals surface area contributed by atoms with Gasteiger partial charge in [0.15, 0.2) is 11.0 Å². The van der Waals surface area contributed by atoms with E-state index < -0.39 is 11.8 Å². The quantitative estimate of drug-likeness (QED) is 0.428. The Morgan fingerprint density at radius 2 is 1.75 bits per heavy atom. The van der Waals surface area contributed by atoms with E-state index in [1.165, 1.54) is 11.8 Å². The molecule has 0 unspecified atom stereocenters. The Kier molecular flexibility index (Phi) is 6.63. The second kappa shape index (κ2) is 9.76. The summed E-state index contributed by atoms with van der Waals surface area (Å²) < 4.78 is 1.85. The van der Waals surface area contributed by atoms with Crippen molar-refractivity contribution in [2.45, 2.75) is 12.1 Å². The third kappa shape index (κ3) is 4.71. The molecule has 0 bridgehead atoms. The van der Waals surface area contributed by atoms with Crippen molar-refractivity contribution in [2.75, 3.05) is 5.75 Å². The molecule has 0 aliphatic carbocycles. The van der Waals surface area contributed by atoms with Crippen LogP contribution in [-0.4, -0.2) is 37.3 Å². The smallest absolute Gasteiger partial charge is 0.257 e. The highest BCUT2D eigenvalue weighted by Crippen LogP contribution is 2.31. The lowest BCUT2D eigenvalue weighted by Crippen LogP contribution is -2.31. The van der Waals surface area contributed by atoms with Crippen LogP contribution in [0.3, 0.4) is 0 Å². The summed E-state index contributed by atoms with van der Waals surface area (Å²) in [5, 5.41) is 12.2. The van der Waals surface area contributed by atoms with Crippen molar-refractivity contribution >= 4 is 35.2 Å². The van der Waals surface area contributed by atoms with Crippen molar-refractivity contribution in [2.24, 2.45) is 0 Å². The zero-order chi connectivity index (χ0) is 22.5. The van der Waals surface area contributed by atoms with Crippen LogP contribution in [0.4, 0.5) is 0 Å². The number of aromatic nitrogens is 4. The molecule has 0 aliphatic rings. The van der Waals surface area contributed by atoms with E-state index in [1.54, 1.807) is 42.7 Å². The van der Waals surface area contributed by atoms with E-state index >= 15 is 0 Å². The molecule has 7 nitrogen and oxygen atoms in total. The number of thioether (sulfide) groups is 1. The van der Waals surface area contributed by atoms with Crippen molar-refractivity contribution in [3.8, 4) is 17.1 Å². The summed E-state index contributed by atoms with van der Waals surface area (Å²) in [5.41, 5.74) is 2.90. The lowest BCUT2D eigenvalue weighted by Gasteiger charge is -2.13. The molecule has 0 aliphatic heterocycles. The predicted octanol–water partition coefficient (Wildman–Crippen LogP) is 4.34. The van der Waals surface area contributed by atoms with E-state index in [9.17, 15) is 9.59 Å². The Morgan fingerprint density at radius 1 is 1.00 bits per heavy atom. The van der Waals surface area contributed by atoms with Gasteiger partial charge in [-0.25, -0.2) is 0 Å². The average Bonchev–Trinajstić information content (AvgIpc) is 3.24. The van der Waals surface area contributed by atoms with Gasteiger partial charge in [0.05, 0.1) is 11.4 Å². The molecule has 2 aromatic heterocycles. The number of halogens is 1. The normalized spacial score (nSPS) is 10.7. The van der Waals surface area contributed by atoms with Crippen LogP contribution in [0.2, 0.25) is 5.02 Å². The highest BCUT2D eigenvalue weighted by molar-refractivity contribution is 7.99. The average molecular weight is 464 g/mol. The largest absolute Gasteiger partial charge is 0.292 e. The zero-order valence-corrected chi connectivity index (χ0v) is 18.6. The topological polar surface area (TPSA) is 89.8 Å². The SMILES string of the molecule is Cc1c(Cl)cccc1-n1c(SCC(=O)NC(=O)c2ccccc2)nnc1-c1ccncc1. The molecule has 0 radical (unpaired) electrons. The van der Waals surface area contributed by atoms with Gasteiger partial charge in [0.2, 0.25) is 5.91 Å². The van der Waals surface area contributed by atoms with Crippen LogP contribution in [0.15, 0.2) is 78.2 Å². The lowest BCUT2D eigenvalue weighted by molar-refractivity contribution is -0.117. The summed E-state index contributed by atoms with van der Waals surface area (Å²) in [5.74, 6) is -0.277. The van der Waals surface area contributed by atoms with Gasteiger partial charge < -0.3 is 0 Å². The summed E-state index contributed by atoms with van der Waals surface area (Å²) >= 11 is 7.54. The maximum Gasteiger partial charge on any atom is 0.257 e. The Hall–Kier alpha value is -3.49. The molecule has 0 fully saturated rings. The third-order valence-electron chi connectivity index (χ3n) is 4.67. The van der Waals surface area contributed by atoms with E-state index in [4.69, 9.17) is 11.6 Å². The number of hydrogen-bond donors (Lipinski definition) is 1. The summed E-state index contributed by atoms with van der Waals surface area (Å²) in [7, 11) is 0. The van der Waals surface area contributed by atoms with Crippen LogP contribution in [0.5, 0.6) is 0 Å². The van der Waals surface area contributed by atoms with Gasteiger partial charge in [-0.05, 0) is 48.9 Å². The van der Waals surface area contributed by atoms with Gasteiger partial charge in [-0.2, -0.15) is 0 Å². The van der Waals surface area contributed by atoms with E-state index in [1.807, 2.05) is 41.8 Å². The number of nitrogens with one attached hydrogen (secondary N) is 1. The van der Waals surface area contributed by atoms with Gasteiger partial charge in [-0.1, -0.05) is 47.6 Å². The van der Waals surface area contributed by atoms with Gasteiger partial charge >= 0.3 is 0 Å². The maximum absolute atomic E-state index is 12.4. The minimum absolute atomic E-state index is 0.00728. The summed E-state index contributed by atoms with van der Waals surface area (Å²) in [4.78, 5) is 28.7. The van der Waals surface area contributed by atoms with Gasteiger partial charge in [-0.3, -0.25) is 24.5 Å². The van der Waals surface area contributed by atoms with E-state index in [2.05, 4.69) is 20.5 Å². The monoisotopic (exact) mass is 463 g/mol. The molecule has 9 heteroatoms. The minimum Gasteiger partial charge on any atom is -0.292 e. The fraction of sp³-hybridized carbons (Fsp3) is 0.0870. The number of carbonyl (C=O) groups excluding carboxylic acids is 2. The molecule has 2 heterocycles. The molecular weight excluding hydrogens is 446 g/mol. The first-order valence-corrected chi connectivity index (χ1v) is 11.0. The van der Waals surface area contributed by atoms with Crippen LogP contribution >= 0.6 is 23.4 Å². The minimum atomic E-state index is -0.444. The van der Waals surface area contributed by atoms with Crippen molar-refractivity contribution in [3.63, 3.8) is 0 Å². The van der Waals surface area contributed by atoms with E-state index in [-0.39, 0.29) is 5.75 Å². The second-order valence-electron chi connectivity index (χ2n) is 6.79. The number of pyridine rings is 1. The molecule has 0 saturated carbocycles. The number of imide groups is 1. The van der Waals surface area contributed by atoms with Crippen LogP contribution < -0.4 is 5.32 Å². The van der Waals surface area contributed by atoms with Crippen molar-refractivity contribution in [1.82, 2.24) is 25.1 Å². The number of rotatable bonds is 6. The van der Waals surface area contributed by atoms with Crippen LogP contribution in [-0.2, 0) is 4.79 Å². The van der Waals surface area contributed by atoms with Crippen molar-refractivity contribution in [1.29, 1.82) is 0 Å². The first-order chi connectivity index (χ1) is 15.5. The molecule has 0 atom stereocenters. The number of nitrogens with zero attached hydrogens (tertiary/aromatic N) is 4. The van der Waals surface area contributed by atoms with Gasteiger partial charge in [-0.15, -0.1) is 10.2 Å². The van der Waals surface area contributed by atoms with E-state index in [0.717, 1.165) is 16.8 Å². The van der Waals surface area contributed by atoms with Crippen LogP contribution in [0.25, 0.3) is 17.1 Å². The third-order valence-corrected chi connectivity index (χ3v) is 6.01. The summed E-state index contributed by atoms with van der Waals surface area (Å²) in [6.45, 7) is 1.91. The van der Waals surface area contributed by atoms with Crippen LogP contribution in [0.1, 0.15) is 15.9 Å². The number of hydrogen-bond acceptors (Lipinski definition) is 6. The van der Waals surface area contributed by atoms with E-state index in [0.29, 0.717) is 21.6 Å².